The maximum atomic E-state index is 12.0. The van der Waals surface area contributed by atoms with E-state index in [1.54, 1.807) is 18.9 Å². The van der Waals surface area contributed by atoms with E-state index in [1.165, 1.54) is 0 Å². The average molecular weight is 286 g/mol. The molecule has 0 aromatic heterocycles. The third kappa shape index (κ3) is 4.67. The molecule has 1 rings (SSSR count). The van der Waals surface area contributed by atoms with Crippen molar-refractivity contribution in [1.29, 1.82) is 0 Å². The molecule has 116 valence electrons. The summed E-state index contributed by atoms with van der Waals surface area (Å²) in [6.07, 6.45) is 2.42. The molecule has 0 aromatic rings. The Labute approximate surface area is 120 Å². The first kappa shape index (κ1) is 16.8. The number of carboxylic acid groups (broad SMARTS) is 1. The van der Waals surface area contributed by atoms with E-state index in [-0.39, 0.29) is 12.6 Å². The minimum absolute atomic E-state index is 0.149. The number of carbonyl (C=O) groups excluding carboxylic acids is 1. The van der Waals surface area contributed by atoms with Crippen molar-refractivity contribution in [2.45, 2.75) is 33.1 Å². The molecule has 1 heterocycles. The summed E-state index contributed by atoms with van der Waals surface area (Å²) in [6, 6.07) is -0.211. The Morgan fingerprint density at radius 1 is 1.40 bits per heavy atom. The Morgan fingerprint density at radius 2 is 2.00 bits per heavy atom. The van der Waals surface area contributed by atoms with Crippen molar-refractivity contribution in [2.24, 2.45) is 11.3 Å². The first-order valence-electron chi connectivity index (χ1n) is 7.19. The summed E-state index contributed by atoms with van der Waals surface area (Å²) in [7, 11) is 1.74. The highest BCUT2D eigenvalue weighted by atomic mass is 16.5. The molecule has 1 saturated heterocycles. The van der Waals surface area contributed by atoms with Gasteiger partial charge in [0.15, 0.2) is 0 Å². The molecule has 0 bridgehead atoms. The molecule has 1 unspecified atom stereocenters. The van der Waals surface area contributed by atoms with Crippen molar-refractivity contribution < 1.29 is 19.4 Å². The Kier molecular flexibility index (Phi) is 6.26. The topological polar surface area (TPSA) is 78.9 Å². The maximum Gasteiger partial charge on any atom is 0.317 e. The average Bonchev–Trinajstić information content (AvgIpc) is 2.45. The van der Waals surface area contributed by atoms with Crippen LogP contribution in [0.1, 0.15) is 33.1 Å². The fourth-order valence-electron chi connectivity index (χ4n) is 2.16. The van der Waals surface area contributed by atoms with Crippen LogP contribution in [-0.4, -0.2) is 55.4 Å². The summed E-state index contributed by atoms with van der Waals surface area (Å²) in [6.45, 7) is 5.81. The maximum absolute atomic E-state index is 12.0. The standard InChI is InChI=1S/C14H26N2O4/c1-4-14(2,12(17)18)10-15-13(19)16(3)9-11-5-7-20-8-6-11/h11H,4-10H2,1-3H3,(H,15,19)(H,17,18). The number of nitrogens with one attached hydrogen (secondary N) is 1. The largest absolute Gasteiger partial charge is 0.481 e. The van der Waals surface area contributed by atoms with Crippen molar-refractivity contribution in [3.63, 3.8) is 0 Å². The quantitative estimate of drug-likeness (QED) is 0.776. The van der Waals surface area contributed by atoms with Gasteiger partial charge in [0.1, 0.15) is 0 Å². The first-order valence-corrected chi connectivity index (χ1v) is 7.19. The van der Waals surface area contributed by atoms with Gasteiger partial charge in [0.2, 0.25) is 0 Å². The molecule has 0 aliphatic carbocycles. The van der Waals surface area contributed by atoms with E-state index < -0.39 is 11.4 Å². The molecular weight excluding hydrogens is 260 g/mol. The second-order valence-electron chi connectivity index (χ2n) is 5.81. The Balaban J connectivity index is 2.39. The highest BCUT2D eigenvalue weighted by molar-refractivity contribution is 5.77. The lowest BCUT2D eigenvalue weighted by atomic mass is 9.88. The molecule has 1 atom stereocenters. The summed E-state index contributed by atoms with van der Waals surface area (Å²) in [5.74, 6) is -0.413. The lowest BCUT2D eigenvalue weighted by Crippen LogP contribution is -2.46. The number of urea groups is 1. The lowest BCUT2D eigenvalue weighted by Gasteiger charge is -2.29. The van der Waals surface area contributed by atoms with Crippen LogP contribution in [-0.2, 0) is 9.53 Å². The number of rotatable bonds is 6. The molecule has 2 N–H and O–H groups in total. The van der Waals surface area contributed by atoms with Gasteiger partial charge < -0.3 is 20.1 Å². The van der Waals surface area contributed by atoms with Gasteiger partial charge in [-0.15, -0.1) is 0 Å². The Morgan fingerprint density at radius 3 is 2.50 bits per heavy atom. The lowest BCUT2D eigenvalue weighted by molar-refractivity contribution is -0.147. The van der Waals surface area contributed by atoms with Gasteiger partial charge in [-0.1, -0.05) is 6.92 Å². The van der Waals surface area contributed by atoms with Gasteiger partial charge in [0, 0.05) is 33.4 Å². The molecule has 6 heteroatoms. The fraction of sp³-hybridized carbons (Fsp3) is 0.857. The third-order valence-corrected chi connectivity index (χ3v) is 4.15. The molecule has 0 radical (unpaired) electrons. The van der Waals surface area contributed by atoms with Crippen LogP contribution >= 0.6 is 0 Å². The Bertz CT molecular complexity index is 342. The SMILES string of the molecule is CCC(C)(CNC(=O)N(C)CC1CCOCC1)C(=O)O. The second-order valence-corrected chi connectivity index (χ2v) is 5.81. The highest BCUT2D eigenvalue weighted by Gasteiger charge is 2.32. The van der Waals surface area contributed by atoms with Crippen LogP contribution < -0.4 is 5.32 Å². The van der Waals surface area contributed by atoms with Crippen LogP contribution in [0.15, 0.2) is 0 Å². The van der Waals surface area contributed by atoms with Gasteiger partial charge in [-0.05, 0) is 32.1 Å². The molecule has 6 nitrogen and oxygen atoms in total. The van der Waals surface area contributed by atoms with Gasteiger partial charge in [0.05, 0.1) is 5.41 Å². The summed E-state index contributed by atoms with van der Waals surface area (Å²) < 4.78 is 5.29. The zero-order chi connectivity index (χ0) is 15.2. The molecule has 0 spiro atoms. The summed E-state index contributed by atoms with van der Waals surface area (Å²) in [4.78, 5) is 24.8. The number of carbonyl (C=O) groups is 2. The van der Waals surface area contributed by atoms with Crippen molar-refractivity contribution in [3.8, 4) is 0 Å². The number of hydrogen-bond acceptors (Lipinski definition) is 3. The molecule has 1 aliphatic heterocycles. The molecule has 1 aliphatic rings. The van der Waals surface area contributed by atoms with E-state index in [0.29, 0.717) is 18.9 Å². The number of nitrogens with zero attached hydrogens (tertiary/aromatic N) is 1. The minimum Gasteiger partial charge on any atom is -0.481 e. The van der Waals surface area contributed by atoms with Crippen LogP contribution in [0.2, 0.25) is 0 Å². The van der Waals surface area contributed by atoms with Crippen molar-refractivity contribution in [2.75, 3.05) is 33.4 Å². The number of ether oxygens (including phenoxy) is 1. The second kappa shape index (κ2) is 7.47. The smallest absolute Gasteiger partial charge is 0.317 e. The van der Waals surface area contributed by atoms with Gasteiger partial charge in [-0.2, -0.15) is 0 Å². The van der Waals surface area contributed by atoms with Gasteiger partial charge in [0.25, 0.3) is 0 Å². The van der Waals surface area contributed by atoms with E-state index in [4.69, 9.17) is 9.84 Å². The van der Waals surface area contributed by atoms with Gasteiger partial charge in [-0.3, -0.25) is 4.79 Å². The van der Waals surface area contributed by atoms with Crippen molar-refractivity contribution in [3.05, 3.63) is 0 Å². The molecule has 0 aromatic carbocycles. The summed E-state index contributed by atoms with van der Waals surface area (Å²) >= 11 is 0. The number of hydrogen-bond donors (Lipinski definition) is 2. The number of amides is 2. The number of aliphatic carboxylic acids is 1. The molecule has 20 heavy (non-hydrogen) atoms. The van der Waals surface area contributed by atoms with Crippen LogP contribution in [0.25, 0.3) is 0 Å². The summed E-state index contributed by atoms with van der Waals surface area (Å²) in [5.41, 5.74) is -0.908. The van der Waals surface area contributed by atoms with Crippen LogP contribution in [0, 0.1) is 11.3 Å². The molecule has 0 saturated carbocycles. The predicted molar refractivity (Wildman–Crippen MR) is 75.6 cm³/mol. The molecular formula is C14H26N2O4. The van der Waals surface area contributed by atoms with E-state index in [2.05, 4.69) is 5.32 Å². The van der Waals surface area contributed by atoms with Gasteiger partial charge in [-0.25, -0.2) is 4.79 Å². The third-order valence-electron chi connectivity index (χ3n) is 4.15. The summed E-state index contributed by atoms with van der Waals surface area (Å²) in [5, 5.41) is 11.9. The minimum atomic E-state index is -0.908. The fourth-order valence-corrected chi connectivity index (χ4v) is 2.16. The normalized spacial score (nSPS) is 19.1. The number of carboxylic acids is 1. The predicted octanol–water partition coefficient (Wildman–Crippen LogP) is 1.56. The molecule has 2 amide bonds. The van der Waals surface area contributed by atoms with Crippen LogP contribution in [0.3, 0.4) is 0 Å². The Hall–Kier alpha value is -1.30. The van der Waals surface area contributed by atoms with E-state index in [0.717, 1.165) is 26.1 Å². The van der Waals surface area contributed by atoms with Gasteiger partial charge >= 0.3 is 12.0 Å². The van der Waals surface area contributed by atoms with Crippen molar-refractivity contribution in [1.82, 2.24) is 10.2 Å². The zero-order valence-electron chi connectivity index (χ0n) is 12.6. The van der Waals surface area contributed by atoms with E-state index in [9.17, 15) is 9.59 Å². The highest BCUT2D eigenvalue weighted by Crippen LogP contribution is 2.20. The first-order chi connectivity index (χ1) is 9.39. The molecule has 1 fully saturated rings. The van der Waals surface area contributed by atoms with Crippen molar-refractivity contribution >= 4 is 12.0 Å². The van der Waals surface area contributed by atoms with Crippen LogP contribution in [0.5, 0.6) is 0 Å². The van der Waals surface area contributed by atoms with E-state index >= 15 is 0 Å². The van der Waals surface area contributed by atoms with E-state index in [1.807, 2.05) is 6.92 Å². The zero-order valence-corrected chi connectivity index (χ0v) is 12.6. The van der Waals surface area contributed by atoms with Crippen LogP contribution in [0.4, 0.5) is 4.79 Å². The monoisotopic (exact) mass is 286 g/mol.